The van der Waals surface area contributed by atoms with Crippen LogP contribution in [0.15, 0.2) is 53.1 Å². The zero-order valence-corrected chi connectivity index (χ0v) is 15.1. The lowest BCUT2D eigenvalue weighted by Crippen LogP contribution is -2.20. The average molecular weight is 363 g/mol. The Morgan fingerprint density at radius 2 is 1.96 bits per heavy atom. The number of benzene rings is 2. The van der Waals surface area contributed by atoms with E-state index < -0.39 is 0 Å². The first kappa shape index (κ1) is 17.3. The molecule has 1 amide bonds. The van der Waals surface area contributed by atoms with Gasteiger partial charge in [0, 0.05) is 17.2 Å². The number of methoxy groups -OCH3 is 1. The number of hydrogen-bond donors (Lipinski definition) is 1. The van der Waals surface area contributed by atoms with Crippen LogP contribution in [-0.4, -0.2) is 23.2 Å². The molecule has 1 saturated carbocycles. The van der Waals surface area contributed by atoms with Gasteiger partial charge in [0.1, 0.15) is 5.75 Å². The number of amides is 1. The number of ether oxygens (including phenoxy) is 1. The van der Waals surface area contributed by atoms with Crippen molar-refractivity contribution in [1.29, 1.82) is 0 Å². The van der Waals surface area contributed by atoms with Crippen molar-refractivity contribution in [2.45, 2.75) is 25.7 Å². The molecule has 138 valence electrons. The van der Waals surface area contributed by atoms with Gasteiger partial charge in [0.25, 0.3) is 5.89 Å². The molecular weight excluding hydrogens is 342 g/mol. The van der Waals surface area contributed by atoms with Crippen molar-refractivity contribution in [3.05, 3.63) is 48.5 Å². The quantitative estimate of drug-likeness (QED) is 0.720. The Balaban J connectivity index is 1.56. The Labute approximate surface area is 157 Å². The number of anilines is 1. The van der Waals surface area contributed by atoms with Crippen molar-refractivity contribution < 1.29 is 14.1 Å². The second-order valence-electron chi connectivity index (χ2n) is 6.67. The average Bonchev–Trinajstić information content (AvgIpc) is 3.40. The van der Waals surface area contributed by atoms with Crippen molar-refractivity contribution in [2.24, 2.45) is 5.92 Å². The molecule has 0 unspecified atom stereocenters. The molecule has 4 rings (SSSR count). The number of nitrogens with one attached hydrogen (secondary N) is 1. The predicted octanol–water partition coefficient (Wildman–Crippen LogP) is 4.54. The lowest BCUT2D eigenvalue weighted by Gasteiger charge is -2.10. The maximum absolute atomic E-state index is 12.3. The van der Waals surface area contributed by atoms with Crippen LogP contribution in [0.5, 0.6) is 5.75 Å². The van der Waals surface area contributed by atoms with Gasteiger partial charge in [-0.15, -0.1) is 0 Å². The third-order valence-electron chi connectivity index (χ3n) is 4.88. The molecule has 3 aromatic rings. The highest BCUT2D eigenvalue weighted by Crippen LogP contribution is 2.31. The summed E-state index contributed by atoms with van der Waals surface area (Å²) in [4.78, 5) is 16.8. The first-order valence-electron chi connectivity index (χ1n) is 9.13. The second kappa shape index (κ2) is 7.61. The lowest BCUT2D eigenvalue weighted by atomic mass is 10.1. The summed E-state index contributed by atoms with van der Waals surface area (Å²) in [5.74, 6) is 1.74. The van der Waals surface area contributed by atoms with Crippen molar-refractivity contribution in [2.75, 3.05) is 12.4 Å². The van der Waals surface area contributed by atoms with Crippen LogP contribution < -0.4 is 10.1 Å². The first-order valence-corrected chi connectivity index (χ1v) is 9.13. The van der Waals surface area contributed by atoms with Gasteiger partial charge in [-0.05, 0) is 37.1 Å². The third-order valence-corrected chi connectivity index (χ3v) is 4.88. The molecule has 1 aromatic heterocycles. The zero-order valence-electron chi connectivity index (χ0n) is 15.1. The smallest absolute Gasteiger partial charge is 0.262 e. The van der Waals surface area contributed by atoms with E-state index in [0.29, 0.717) is 17.5 Å². The van der Waals surface area contributed by atoms with Crippen LogP contribution in [0.1, 0.15) is 25.7 Å². The van der Waals surface area contributed by atoms with Crippen LogP contribution in [0.4, 0.5) is 5.69 Å². The van der Waals surface area contributed by atoms with Crippen molar-refractivity contribution >= 4 is 11.6 Å². The molecular formula is C21H21N3O3. The van der Waals surface area contributed by atoms with Crippen LogP contribution >= 0.6 is 0 Å². The van der Waals surface area contributed by atoms with Gasteiger partial charge in [0.2, 0.25) is 11.7 Å². The predicted molar refractivity (Wildman–Crippen MR) is 102 cm³/mol. The number of carbonyl (C=O) groups is 1. The van der Waals surface area contributed by atoms with Crippen LogP contribution in [0.25, 0.3) is 22.8 Å². The Morgan fingerprint density at radius 1 is 1.15 bits per heavy atom. The second-order valence-corrected chi connectivity index (χ2v) is 6.67. The van der Waals surface area contributed by atoms with Gasteiger partial charge in [0.05, 0.1) is 12.7 Å². The normalized spacial score (nSPS) is 14.3. The molecule has 2 aromatic carbocycles. The molecule has 0 bridgehead atoms. The zero-order chi connectivity index (χ0) is 18.6. The van der Waals surface area contributed by atoms with Gasteiger partial charge in [0.15, 0.2) is 0 Å². The van der Waals surface area contributed by atoms with Crippen LogP contribution in [-0.2, 0) is 4.79 Å². The lowest BCUT2D eigenvalue weighted by molar-refractivity contribution is -0.119. The van der Waals surface area contributed by atoms with Crippen molar-refractivity contribution in [3.8, 4) is 28.6 Å². The SMILES string of the molecule is COc1ccccc1-c1nc(-c2cccc(NC(=O)C3CCCC3)c2)no1. The van der Waals surface area contributed by atoms with Crippen LogP contribution in [0.3, 0.4) is 0 Å². The fraction of sp³-hybridized carbons (Fsp3) is 0.286. The van der Waals surface area contributed by atoms with E-state index in [1.807, 2.05) is 48.5 Å². The van der Waals surface area contributed by atoms with E-state index >= 15 is 0 Å². The molecule has 1 aliphatic carbocycles. The van der Waals surface area contributed by atoms with E-state index in [4.69, 9.17) is 9.26 Å². The van der Waals surface area contributed by atoms with Gasteiger partial charge in [-0.1, -0.05) is 42.3 Å². The minimum absolute atomic E-state index is 0.0903. The summed E-state index contributed by atoms with van der Waals surface area (Å²) in [6.45, 7) is 0. The monoisotopic (exact) mass is 363 g/mol. The van der Waals surface area contributed by atoms with E-state index in [-0.39, 0.29) is 11.8 Å². The maximum Gasteiger partial charge on any atom is 0.262 e. The molecule has 0 saturated heterocycles. The number of rotatable bonds is 5. The number of carbonyl (C=O) groups excluding carboxylic acids is 1. The van der Waals surface area contributed by atoms with E-state index in [0.717, 1.165) is 42.5 Å². The summed E-state index contributed by atoms with van der Waals surface area (Å²) in [7, 11) is 1.60. The molecule has 6 heteroatoms. The minimum atomic E-state index is 0.0903. The number of aromatic nitrogens is 2. The molecule has 1 N–H and O–H groups in total. The van der Waals surface area contributed by atoms with Gasteiger partial charge >= 0.3 is 0 Å². The standard InChI is InChI=1S/C21H21N3O3/c1-26-18-12-5-4-11-17(18)21-23-19(24-27-21)15-9-6-10-16(13-15)22-20(25)14-7-2-3-8-14/h4-6,9-14H,2-3,7-8H2,1H3,(H,22,25). The highest BCUT2D eigenvalue weighted by Gasteiger charge is 2.22. The molecule has 27 heavy (non-hydrogen) atoms. The molecule has 1 aliphatic rings. The molecule has 6 nitrogen and oxygen atoms in total. The van der Waals surface area contributed by atoms with Crippen molar-refractivity contribution in [1.82, 2.24) is 10.1 Å². The fourth-order valence-electron chi connectivity index (χ4n) is 3.44. The van der Waals surface area contributed by atoms with Crippen LogP contribution in [0.2, 0.25) is 0 Å². The van der Waals surface area contributed by atoms with E-state index in [1.165, 1.54) is 0 Å². The number of para-hydroxylation sites is 1. The minimum Gasteiger partial charge on any atom is -0.496 e. The highest BCUT2D eigenvalue weighted by molar-refractivity contribution is 5.93. The summed E-state index contributed by atoms with van der Waals surface area (Å²) < 4.78 is 10.8. The van der Waals surface area contributed by atoms with Gasteiger partial charge in [-0.3, -0.25) is 4.79 Å². The summed E-state index contributed by atoms with van der Waals surface area (Å²) in [5.41, 5.74) is 2.27. The molecule has 1 fully saturated rings. The first-order chi connectivity index (χ1) is 13.2. The molecule has 0 spiro atoms. The third kappa shape index (κ3) is 3.69. The summed E-state index contributed by atoms with van der Waals surface area (Å²) in [5, 5.41) is 7.09. The largest absolute Gasteiger partial charge is 0.496 e. The molecule has 0 atom stereocenters. The Kier molecular flexibility index (Phi) is 4.87. The summed E-state index contributed by atoms with van der Waals surface area (Å²) >= 11 is 0. The van der Waals surface area contributed by atoms with Gasteiger partial charge in [-0.25, -0.2) is 0 Å². The topological polar surface area (TPSA) is 77.2 Å². The van der Waals surface area contributed by atoms with Crippen molar-refractivity contribution in [3.63, 3.8) is 0 Å². The summed E-state index contributed by atoms with van der Waals surface area (Å²) in [6.07, 6.45) is 4.21. The van der Waals surface area contributed by atoms with E-state index in [1.54, 1.807) is 7.11 Å². The van der Waals surface area contributed by atoms with Gasteiger partial charge in [-0.2, -0.15) is 4.98 Å². The molecule has 0 radical (unpaired) electrons. The summed E-state index contributed by atoms with van der Waals surface area (Å²) in [6, 6.07) is 15.0. The highest BCUT2D eigenvalue weighted by atomic mass is 16.5. The molecule has 1 heterocycles. The van der Waals surface area contributed by atoms with E-state index in [9.17, 15) is 4.79 Å². The molecule has 0 aliphatic heterocycles. The van der Waals surface area contributed by atoms with Gasteiger partial charge < -0.3 is 14.6 Å². The Bertz CT molecular complexity index is 945. The fourth-order valence-corrected chi connectivity index (χ4v) is 3.44. The Hall–Kier alpha value is -3.15. The van der Waals surface area contributed by atoms with E-state index in [2.05, 4.69) is 15.5 Å². The van der Waals surface area contributed by atoms with Crippen LogP contribution in [0, 0.1) is 5.92 Å². The number of hydrogen-bond acceptors (Lipinski definition) is 5. The maximum atomic E-state index is 12.3. The number of nitrogens with zero attached hydrogens (tertiary/aromatic N) is 2. The Morgan fingerprint density at radius 3 is 2.78 bits per heavy atom.